The SMILES string of the molecule is CC#N.F[B-](F)(F)F.[Pd]. The molecule has 7 heteroatoms. The molecule has 9 heavy (non-hydrogen) atoms. The Morgan fingerprint density at radius 2 is 1.22 bits per heavy atom. The first-order chi connectivity index (χ1) is 3.41. The molecule has 0 aromatic carbocycles. The van der Waals surface area contributed by atoms with Crippen LogP contribution in [-0.4, -0.2) is 7.25 Å². The fourth-order valence-electron chi connectivity index (χ4n) is 0. The number of nitriles is 1. The van der Waals surface area contributed by atoms with Gasteiger partial charge in [0.2, 0.25) is 0 Å². The molecule has 0 saturated heterocycles. The van der Waals surface area contributed by atoms with E-state index in [1.807, 2.05) is 0 Å². The Morgan fingerprint density at radius 1 is 1.22 bits per heavy atom. The number of hydrogen-bond donors (Lipinski definition) is 0. The number of nitrogens with zero attached hydrogens (tertiary/aromatic N) is 1. The van der Waals surface area contributed by atoms with Crippen molar-refractivity contribution in [2.75, 3.05) is 0 Å². The molecule has 0 radical (unpaired) electrons. The molecule has 1 nitrogen and oxygen atoms in total. The third-order valence-corrected chi connectivity index (χ3v) is 0. The summed E-state index contributed by atoms with van der Waals surface area (Å²) in [5.74, 6) is 0. The van der Waals surface area contributed by atoms with Crippen molar-refractivity contribution in [3.05, 3.63) is 0 Å². The van der Waals surface area contributed by atoms with Crippen molar-refractivity contribution in [2.45, 2.75) is 6.92 Å². The third-order valence-electron chi connectivity index (χ3n) is 0. The molecule has 0 aliphatic heterocycles. The number of halogens is 4. The van der Waals surface area contributed by atoms with E-state index in [0.717, 1.165) is 0 Å². The molecule has 58 valence electrons. The maximum atomic E-state index is 9.75. The molecule has 0 spiro atoms. The van der Waals surface area contributed by atoms with E-state index < -0.39 is 7.25 Å². The molecule has 0 aromatic heterocycles. The molecule has 0 bridgehead atoms. The summed E-state index contributed by atoms with van der Waals surface area (Å²) < 4.78 is 39.0. The van der Waals surface area contributed by atoms with Gasteiger partial charge in [-0.1, -0.05) is 0 Å². The summed E-state index contributed by atoms with van der Waals surface area (Å²) in [7, 11) is -6.00. The molecule has 0 rings (SSSR count). The van der Waals surface area contributed by atoms with Crippen LogP contribution in [0.15, 0.2) is 0 Å². The second-order valence-corrected chi connectivity index (χ2v) is 0.718. The van der Waals surface area contributed by atoms with E-state index >= 15 is 0 Å². The van der Waals surface area contributed by atoms with Gasteiger partial charge in [-0.25, -0.2) is 0 Å². The van der Waals surface area contributed by atoms with Crippen LogP contribution in [0, 0.1) is 11.3 Å². The van der Waals surface area contributed by atoms with Crippen molar-refractivity contribution in [3.63, 3.8) is 0 Å². The molecule has 0 saturated carbocycles. The summed E-state index contributed by atoms with van der Waals surface area (Å²) in [6, 6.07) is 1.75. The summed E-state index contributed by atoms with van der Waals surface area (Å²) in [5, 5.41) is 7.32. The van der Waals surface area contributed by atoms with Crippen molar-refractivity contribution in [3.8, 4) is 6.07 Å². The van der Waals surface area contributed by atoms with E-state index in [9.17, 15) is 17.3 Å². The molecule has 0 atom stereocenters. The first-order valence-corrected chi connectivity index (χ1v) is 1.60. The summed E-state index contributed by atoms with van der Waals surface area (Å²) >= 11 is 0. The van der Waals surface area contributed by atoms with Gasteiger partial charge in [-0.15, -0.1) is 0 Å². The van der Waals surface area contributed by atoms with E-state index in [2.05, 4.69) is 0 Å². The van der Waals surface area contributed by atoms with Gasteiger partial charge in [-0.2, -0.15) is 5.26 Å². The summed E-state index contributed by atoms with van der Waals surface area (Å²) in [4.78, 5) is 0. The minimum Gasteiger partial charge on any atom is -0.418 e. The van der Waals surface area contributed by atoms with Crippen molar-refractivity contribution < 1.29 is 37.7 Å². The Bertz CT molecular complexity index is 79.5. The minimum atomic E-state index is -6.00. The first-order valence-electron chi connectivity index (χ1n) is 1.60. The van der Waals surface area contributed by atoms with Gasteiger partial charge >= 0.3 is 7.25 Å². The van der Waals surface area contributed by atoms with E-state index in [1.54, 1.807) is 6.07 Å². The molecule has 0 heterocycles. The van der Waals surface area contributed by atoms with E-state index in [1.165, 1.54) is 6.92 Å². The van der Waals surface area contributed by atoms with Crippen LogP contribution < -0.4 is 0 Å². The Morgan fingerprint density at radius 3 is 1.22 bits per heavy atom. The molecule has 0 amide bonds. The number of rotatable bonds is 0. The molecule has 0 aliphatic rings. The van der Waals surface area contributed by atoms with Crippen LogP contribution in [-0.2, 0) is 20.4 Å². The van der Waals surface area contributed by atoms with Gasteiger partial charge in [0.05, 0.1) is 6.07 Å². The van der Waals surface area contributed by atoms with Gasteiger partial charge in [0.15, 0.2) is 0 Å². The second-order valence-electron chi connectivity index (χ2n) is 0.718. The third kappa shape index (κ3) is 71100. The van der Waals surface area contributed by atoms with Crippen LogP contribution in [0.1, 0.15) is 6.92 Å². The minimum absolute atomic E-state index is 0. The Balaban J connectivity index is -0.0000000800. The van der Waals surface area contributed by atoms with Gasteiger partial charge in [-0.3, -0.25) is 0 Å². The standard InChI is InChI=1S/C2H3N.BF4.Pd/c1-2-3;2-1(3,4)5;/h1H3;;/q;-1;. The normalized spacial score (nSPS) is 7.56. The monoisotopic (exact) mass is 234 g/mol. The van der Waals surface area contributed by atoms with E-state index in [0.29, 0.717) is 0 Å². The fraction of sp³-hybridized carbons (Fsp3) is 0.500. The largest absolute Gasteiger partial charge is 0.673 e. The Hall–Kier alpha value is -0.0627. The zero-order chi connectivity index (χ0) is 7.21. The van der Waals surface area contributed by atoms with Gasteiger partial charge in [-0.05, 0) is 0 Å². The van der Waals surface area contributed by atoms with Crippen LogP contribution in [0.25, 0.3) is 0 Å². The van der Waals surface area contributed by atoms with Gasteiger partial charge in [0, 0.05) is 27.3 Å². The number of hydrogen-bond acceptors (Lipinski definition) is 1. The maximum absolute atomic E-state index is 9.75. The molecule has 0 unspecified atom stereocenters. The second kappa shape index (κ2) is 7.94. The molecule has 0 aliphatic carbocycles. The summed E-state index contributed by atoms with van der Waals surface area (Å²) in [6.07, 6.45) is 0. The van der Waals surface area contributed by atoms with Crippen LogP contribution in [0.3, 0.4) is 0 Å². The maximum Gasteiger partial charge on any atom is 0.673 e. The molecule has 0 fully saturated rings. The predicted octanol–water partition coefficient (Wildman–Crippen LogP) is 1.83. The smallest absolute Gasteiger partial charge is 0.418 e. The van der Waals surface area contributed by atoms with Crippen LogP contribution in [0.4, 0.5) is 17.3 Å². The average Bonchev–Trinajstić information content (AvgIpc) is 1.27. The topological polar surface area (TPSA) is 23.8 Å². The summed E-state index contributed by atoms with van der Waals surface area (Å²) in [5.41, 5.74) is 0. The van der Waals surface area contributed by atoms with Crippen LogP contribution in [0.2, 0.25) is 0 Å². The summed E-state index contributed by atoms with van der Waals surface area (Å²) in [6.45, 7) is 1.43. The quantitative estimate of drug-likeness (QED) is 0.463. The average molecular weight is 234 g/mol. The Labute approximate surface area is 63.8 Å². The first kappa shape index (κ1) is 16.0. The van der Waals surface area contributed by atoms with Crippen LogP contribution in [0.5, 0.6) is 0 Å². The van der Waals surface area contributed by atoms with Gasteiger partial charge in [0.25, 0.3) is 0 Å². The van der Waals surface area contributed by atoms with Gasteiger partial charge < -0.3 is 17.3 Å². The van der Waals surface area contributed by atoms with Crippen molar-refractivity contribution >= 4 is 7.25 Å². The molecular weight excluding hydrogens is 231 g/mol. The zero-order valence-corrected chi connectivity index (χ0v) is 5.91. The van der Waals surface area contributed by atoms with Crippen molar-refractivity contribution in [1.82, 2.24) is 0 Å². The predicted molar refractivity (Wildman–Crippen MR) is 21.5 cm³/mol. The fourth-order valence-corrected chi connectivity index (χ4v) is 0. The van der Waals surface area contributed by atoms with Crippen molar-refractivity contribution in [2.24, 2.45) is 0 Å². The molecular formula is C2H3BF4NPd-. The molecule has 0 N–H and O–H groups in total. The zero-order valence-electron chi connectivity index (χ0n) is 4.35. The van der Waals surface area contributed by atoms with E-state index in [-0.39, 0.29) is 20.4 Å². The molecule has 0 aromatic rings. The van der Waals surface area contributed by atoms with Crippen molar-refractivity contribution in [1.29, 1.82) is 5.26 Å². The van der Waals surface area contributed by atoms with Gasteiger partial charge in [0.1, 0.15) is 0 Å². The van der Waals surface area contributed by atoms with Crippen LogP contribution >= 0.6 is 0 Å². The van der Waals surface area contributed by atoms with E-state index in [4.69, 9.17) is 5.26 Å². The Kier molecular flexibility index (Phi) is 14.1.